The largest absolute Gasteiger partial charge is 0.416 e. The first-order valence-corrected chi connectivity index (χ1v) is 10.7. The van der Waals surface area contributed by atoms with Crippen LogP contribution >= 0.6 is 23.4 Å². The van der Waals surface area contributed by atoms with Crippen LogP contribution in [0.5, 0.6) is 0 Å². The fraction of sp³-hybridized carbons (Fsp3) is 0.200. The zero-order chi connectivity index (χ0) is 22.9. The van der Waals surface area contributed by atoms with Crippen LogP contribution in [0, 0.1) is 0 Å². The molecule has 2 aromatic carbocycles. The summed E-state index contributed by atoms with van der Waals surface area (Å²) in [5.41, 5.74) is -0.209. The van der Waals surface area contributed by atoms with Gasteiger partial charge in [0.25, 0.3) is 0 Å². The Morgan fingerprint density at radius 1 is 1.16 bits per heavy atom. The number of benzene rings is 2. The van der Waals surface area contributed by atoms with Gasteiger partial charge in [-0.3, -0.25) is 14.3 Å². The standard InChI is InChI=1S/C20H15ClF3N5O2S/c21-15-7-2-1-6-14(15)17-26-27-19(32-11-16(30)28-9-8-25-18(28)31)29(17)13-5-3-4-12(10-13)20(22,23)24/h1-7,10H,8-9,11H2,(H,25,31). The lowest BCUT2D eigenvalue weighted by molar-refractivity contribution is -0.137. The molecule has 0 radical (unpaired) electrons. The molecule has 3 aromatic rings. The van der Waals surface area contributed by atoms with Crippen LogP contribution in [0.15, 0.2) is 53.7 Å². The van der Waals surface area contributed by atoms with Crippen LogP contribution in [0.25, 0.3) is 17.1 Å². The molecule has 0 bridgehead atoms. The van der Waals surface area contributed by atoms with Crippen molar-refractivity contribution >= 4 is 35.3 Å². The third-order valence-corrected chi connectivity index (χ3v) is 5.91. The third-order valence-electron chi connectivity index (χ3n) is 4.66. The molecule has 7 nitrogen and oxygen atoms in total. The second kappa shape index (κ2) is 8.83. The molecule has 0 spiro atoms. The molecule has 0 unspecified atom stereocenters. The Bertz CT molecular complexity index is 1180. The molecular weight excluding hydrogens is 467 g/mol. The number of aromatic nitrogens is 3. The Kier molecular flexibility index (Phi) is 6.11. The SMILES string of the molecule is O=C(CSc1nnc(-c2ccccc2Cl)n1-c1cccc(C(F)(F)F)c1)N1CCNC1=O. The van der Waals surface area contributed by atoms with E-state index < -0.39 is 23.7 Å². The van der Waals surface area contributed by atoms with Crippen molar-refractivity contribution in [3.05, 3.63) is 59.1 Å². The second-order valence-electron chi connectivity index (χ2n) is 6.74. The van der Waals surface area contributed by atoms with Gasteiger partial charge in [-0.05, 0) is 30.3 Å². The smallest absolute Gasteiger partial charge is 0.336 e. The average Bonchev–Trinajstić information content (AvgIpc) is 3.38. The molecule has 166 valence electrons. The molecular formula is C20H15ClF3N5O2S. The zero-order valence-corrected chi connectivity index (χ0v) is 17.8. The van der Waals surface area contributed by atoms with Gasteiger partial charge in [0.15, 0.2) is 11.0 Å². The molecule has 1 aliphatic rings. The summed E-state index contributed by atoms with van der Waals surface area (Å²) >= 11 is 7.26. The normalized spacial score (nSPS) is 14.0. The van der Waals surface area contributed by atoms with E-state index in [1.54, 1.807) is 24.3 Å². The van der Waals surface area contributed by atoms with Gasteiger partial charge in [0.05, 0.1) is 22.0 Å². The Morgan fingerprint density at radius 3 is 2.62 bits per heavy atom. The van der Waals surface area contributed by atoms with E-state index in [1.807, 2.05) is 0 Å². The van der Waals surface area contributed by atoms with Gasteiger partial charge in [-0.25, -0.2) is 4.79 Å². The number of carbonyl (C=O) groups excluding carboxylic acids is 2. The van der Waals surface area contributed by atoms with Crippen LogP contribution in [0.3, 0.4) is 0 Å². The minimum atomic E-state index is -4.54. The van der Waals surface area contributed by atoms with E-state index in [1.165, 1.54) is 16.7 Å². The molecule has 12 heteroatoms. The highest BCUT2D eigenvalue weighted by Crippen LogP contribution is 2.35. The van der Waals surface area contributed by atoms with E-state index in [9.17, 15) is 22.8 Å². The van der Waals surface area contributed by atoms with Crippen LogP contribution in [-0.2, 0) is 11.0 Å². The summed E-state index contributed by atoms with van der Waals surface area (Å²) in [6.07, 6.45) is -4.54. The number of halogens is 4. The van der Waals surface area contributed by atoms with Crippen LogP contribution in [0.4, 0.5) is 18.0 Å². The molecule has 1 saturated heterocycles. The second-order valence-corrected chi connectivity index (χ2v) is 8.09. The van der Waals surface area contributed by atoms with Crippen molar-refractivity contribution in [3.8, 4) is 17.1 Å². The van der Waals surface area contributed by atoms with E-state index in [0.717, 1.165) is 28.8 Å². The minimum absolute atomic E-state index is 0.146. The predicted octanol–water partition coefficient (Wildman–Crippen LogP) is 4.25. The van der Waals surface area contributed by atoms with Gasteiger partial charge in [0, 0.05) is 18.7 Å². The first kappa shape index (κ1) is 22.2. The number of imide groups is 1. The molecule has 0 atom stereocenters. The Balaban J connectivity index is 1.74. The maximum atomic E-state index is 13.3. The lowest BCUT2D eigenvalue weighted by Crippen LogP contribution is -2.35. The minimum Gasteiger partial charge on any atom is -0.336 e. The number of hydrogen-bond donors (Lipinski definition) is 1. The predicted molar refractivity (Wildman–Crippen MR) is 113 cm³/mol. The van der Waals surface area contributed by atoms with Gasteiger partial charge in [0.2, 0.25) is 5.91 Å². The first-order chi connectivity index (χ1) is 15.3. The highest BCUT2D eigenvalue weighted by Gasteiger charge is 2.31. The van der Waals surface area contributed by atoms with E-state index in [2.05, 4.69) is 15.5 Å². The van der Waals surface area contributed by atoms with Gasteiger partial charge in [-0.2, -0.15) is 13.2 Å². The molecule has 0 saturated carbocycles. The molecule has 1 aromatic heterocycles. The summed E-state index contributed by atoms with van der Waals surface area (Å²) in [4.78, 5) is 25.2. The molecule has 0 aliphatic carbocycles. The van der Waals surface area contributed by atoms with E-state index >= 15 is 0 Å². The number of alkyl halides is 3. The lowest BCUT2D eigenvalue weighted by atomic mass is 10.1. The van der Waals surface area contributed by atoms with Gasteiger partial charge >= 0.3 is 12.2 Å². The number of amides is 3. The highest BCUT2D eigenvalue weighted by atomic mass is 35.5. The van der Waals surface area contributed by atoms with Gasteiger partial charge in [0.1, 0.15) is 0 Å². The molecule has 1 fully saturated rings. The van der Waals surface area contributed by atoms with E-state index in [4.69, 9.17) is 11.6 Å². The molecule has 1 aliphatic heterocycles. The molecule has 2 heterocycles. The van der Waals surface area contributed by atoms with Gasteiger partial charge in [-0.1, -0.05) is 41.6 Å². The van der Waals surface area contributed by atoms with Crippen molar-refractivity contribution in [3.63, 3.8) is 0 Å². The Labute approximate surface area is 189 Å². The average molecular weight is 482 g/mol. The summed E-state index contributed by atoms with van der Waals surface area (Å²) in [5, 5.41) is 11.3. The van der Waals surface area contributed by atoms with Crippen LogP contribution in [-0.4, -0.2) is 50.4 Å². The van der Waals surface area contributed by atoms with Crippen LogP contribution < -0.4 is 5.32 Å². The van der Waals surface area contributed by atoms with Gasteiger partial charge < -0.3 is 5.32 Å². The quantitative estimate of drug-likeness (QED) is 0.551. The van der Waals surface area contributed by atoms with Crippen molar-refractivity contribution in [2.24, 2.45) is 0 Å². The van der Waals surface area contributed by atoms with Crippen molar-refractivity contribution in [1.82, 2.24) is 25.0 Å². The Morgan fingerprint density at radius 2 is 1.94 bits per heavy atom. The summed E-state index contributed by atoms with van der Waals surface area (Å²) in [6, 6.07) is 11.0. The molecule has 32 heavy (non-hydrogen) atoms. The fourth-order valence-electron chi connectivity index (χ4n) is 3.15. The lowest BCUT2D eigenvalue weighted by Gasteiger charge is -2.14. The zero-order valence-electron chi connectivity index (χ0n) is 16.3. The number of carbonyl (C=O) groups is 2. The monoisotopic (exact) mass is 481 g/mol. The summed E-state index contributed by atoms with van der Waals surface area (Å²) in [6.45, 7) is 0.621. The third kappa shape index (κ3) is 4.44. The number of hydrogen-bond acceptors (Lipinski definition) is 5. The van der Waals surface area contributed by atoms with E-state index in [-0.39, 0.29) is 29.0 Å². The fourth-order valence-corrected chi connectivity index (χ4v) is 4.20. The number of nitrogens with zero attached hydrogens (tertiary/aromatic N) is 4. The maximum Gasteiger partial charge on any atom is 0.416 e. The molecule has 3 amide bonds. The van der Waals surface area contributed by atoms with Crippen LogP contribution in [0.2, 0.25) is 5.02 Å². The topological polar surface area (TPSA) is 80.1 Å². The maximum absolute atomic E-state index is 13.3. The molecule has 1 N–H and O–H groups in total. The summed E-state index contributed by atoms with van der Waals surface area (Å²) < 4.78 is 41.3. The number of nitrogens with one attached hydrogen (secondary N) is 1. The van der Waals surface area contributed by atoms with Crippen molar-refractivity contribution < 1.29 is 22.8 Å². The first-order valence-electron chi connectivity index (χ1n) is 9.34. The Hall–Kier alpha value is -3.05. The number of urea groups is 1. The highest BCUT2D eigenvalue weighted by molar-refractivity contribution is 7.99. The van der Waals surface area contributed by atoms with Crippen molar-refractivity contribution in [2.75, 3.05) is 18.8 Å². The van der Waals surface area contributed by atoms with E-state index in [0.29, 0.717) is 17.1 Å². The van der Waals surface area contributed by atoms with Crippen molar-refractivity contribution in [2.45, 2.75) is 11.3 Å². The number of thioether (sulfide) groups is 1. The van der Waals surface area contributed by atoms with Crippen molar-refractivity contribution in [1.29, 1.82) is 0 Å². The molecule has 4 rings (SSSR count). The summed E-state index contributed by atoms with van der Waals surface area (Å²) in [5.74, 6) is -0.362. The summed E-state index contributed by atoms with van der Waals surface area (Å²) in [7, 11) is 0. The van der Waals surface area contributed by atoms with Crippen LogP contribution in [0.1, 0.15) is 5.56 Å². The number of rotatable bonds is 5. The van der Waals surface area contributed by atoms with Gasteiger partial charge in [-0.15, -0.1) is 10.2 Å².